The molecule has 0 saturated heterocycles. The monoisotopic (exact) mass is 239 g/mol. The van der Waals surface area contributed by atoms with E-state index in [0.717, 1.165) is 5.82 Å². The number of anilines is 2. The Morgan fingerprint density at radius 2 is 1.82 bits per heavy atom. The van der Waals surface area contributed by atoms with Crippen molar-refractivity contribution in [3.63, 3.8) is 0 Å². The van der Waals surface area contributed by atoms with E-state index in [2.05, 4.69) is 20.3 Å². The molecule has 0 aliphatic carbocycles. The summed E-state index contributed by atoms with van der Waals surface area (Å²) in [5.74, 6) is 2.11. The lowest BCUT2D eigenvalue weighted by Crippen LogP contribution is -2.23. The van der Waals surface area contributed by atoms with E-state index in [9.17, 15) is 0 Å². The van der Waals surface area contributed by atoms with Gasteiger partial charge in [0, 0.05) is 26.1 Å². The Kier molecular flexibility index (Phi) is 4.62. The van der Waals surface area contributed by atoms with Crippen molar-refractivity contribution in [2.45, 2.75) is 32.7 Å². The molecular weight excluding hydrogens is 218 g/mol. The number of aromatic nitrogens is 3. The van der Waals surface area contributed by atoms with Crippen molar-refractivity contribution in [3.8, 4) is 0 Å². The van der Waals surface area contributed by atoms with Crippen LogP contribution in [-0.2, 0) is 0 Å². The van der Waals surface area contributed by atoms with Gasteiger partial charge in [0.05, 0.1) is 6.61 Å². The number of aliphatic hydroxyl groups excluding tert-OH is 1. The van der Waals surface area contributed by atoms with Gasteiger partial charge in [0.2, 0.25) is 11.9 Å². The molecule has 0 aliphatic heterocycles. The molecule has 0 aromatic carbocycles. The van der Waals surface area contributed by atoms with Gasteiger partial charge in [-0.05, 0) is 6.92 Å². The number of rotatable bonds is 5. The molecule has 0 spiro atoms. The Morgan fingerprint density at radius 1 is 1.18 bits per heavy atom. The summed E-state index contributed by atoms with van der Waals surface area (Å²) >= 11 is 0. The molecule has 1 aromatic heterocycles. The number of nitrogens with zero attached hydrogens (tertiary/aromatic N) is 4. The molecule has 6 nitrogen and oxygen atoms in total. The fourth-order valence-electron chi connectivity index (χ4n) is 1.17. The molecule has 2 N–H and O–H groups in total. The van der Waals surface area contributed by atoms with Crippen molar-refractivity contribution in [1.82, 2.24) is 15.0 Å². The number of nitrogens with one attached hydrogen (secondary N) is 1. The standard InChI is InChI=1S/C11H21N5O/c1-7(2)9-13-10(12-8(3)6-17)15-11(14-9)16(4)5/h7-8,17H,6H2,1-5H3,(H,12,13,14,15). The maximum atomic E-state index is 9.01. The molecule has 1 atom stereocenters. The van der Waals surface area contributed by atoms with Gasteiger partial charge in [-0.2, -0.15) is 15.0 Å². The molecule has 6 heteroatoms. The molecule has 17 heavy (non-hydrogen) atoms. The zero-order chi connectivity index (χ0) is 13.0. The van der Waals surface area contributed by atoms with E-state index in [-0.39, 0.29) is 18.6 Å². The molecule has 0 aliphatic rings. The fraction of sp³-hybridized carbons (Fsp3) is 0.727. The van der Waals surface area contributed by atoms with E-state index in [4.69, 9.17) is 5.11 Å². The predicted octanol–water partition coefficient (Wildman–Crippen LogP) is 0.854. The van der Waals surface area contributed by atoms with Crippen LogP contribution in [0.4, 0.5) is 11.9 Å². The van der Waals surface area contributed by atoms with Crippen LogP contribution in [0.25, 0.3) is 0 Å². The van der Waals surface area contributed by atoms with Crippen molar-refractivity contribution in [2.24, 2.45) is 0 Å². The molecule has 0 fully saturated rings. The SMILES string of the molecule is CC(CO)Nc1nc(C(C)C)nc(N(C)C)n1. The average molecular weight is 239 g/mol. The zero-order valence-corrected chi connectivity index (χ0v) is 11.1. The van der Waals surface area contributed by atoms with E-state index in [1.165, 1.54) is 0 Å². The van der Waals surface area contributed by atoms with E-state index < -0.39 is 0 Å². The third kappa shape index (κ3) is 3.81. The highest BCUT2D eigenvalue weighted by Gasteiger charge is 2.12. The van der Waals surface area contributed by atoms with E-state index in [0.29, 0.717) is 11.9 Å². The molecule has 0 amide bonds. The second kappa shape index (κ2) is 5.77. The summed E-state index contributed by atoms with van der Waals surface area (Å²) in [6, 6.07) is -0.0765. The lowest BCUT2D eigenvalue weighted by molar-refractivity contribution is 0.281. The maximum Gasteiger partial charge on any atom is 0.229 e. The number of hydrogen-bond acceptors (Lipinski definition) is 6. The highest BCUT2D eigenvalue weighted by atomic mass is 16.3. The molecule has 96 valence electrons. The highest BCUT2D eigenvalue weighted by Crippen LogP contribution is 2.15. The quantitative estimate of drug-likeness (QED) is 0.793. The largest absolute Gasteiger partial charge is 0.394 e. The van der Waals surface area contributed by atoms with Crippen molar-refractivity contribution in [1.29, 1.82) is 0 Å². The van der Waals surface area contributed by atoms with Crippen LogP contribution in [0.15, 0.2) is 0 Å². The minimum Gasteiger partial charge on any atom is -0.394 e. The first-order valence-corrected chi connectivity index (χ1v) is 5.74. The van der Waals surface area contributed by atoms with Gasteiger partial charge < -0.3 is 15.3 Å². The smallest absolute Gasteiger partial charge is 0.229 e. The van der Waals surface area contributed by atoms with Crippen molar-refractivity contribution in [3.05, 3.63) is 5.82 Å². The third-order valence-corrected chi connectivity index (χ3v) is 2.21. The van der Waals surface area contributed by atoms with Crippen molar-refractivity contribution in [2.75, 3.05) is 30.9 Å². The van der Waals surface area contributed by atoms with Crippen LogP contribution >= 0.6 is 0 Å². The Morgan fingerprint density at radius 3 is 2.29 bits per heavy atom. The number of hydrogen-bond donors (Lipinski definition) is 2. The first-order chi connectivity index (χ1) is 7.93. The molecule has 0 saturated carbocycles. The normalized spacial score (nSPS) is 12.6. The van der Waals surface area contributed by atoms with Gasteiger partial charge in [-0.15, -0.1) is 0 Å². The summed E-state index contributed by atoms with van der Waals surface area (Å²) in [7, 11) is 3.78. The lowest BCUT2D eigenvalue weighted by Gasteiger charge is -2.16. The first-order valence-electron chi connectivity index (χ1n) is 5.74. The van der Waals surface area contributed by atoms with Crippen molar-refractivity contribution >= 4 is 11.9 Å². The second-order valence-corrected chi connectivity index (χ2v) is 4.59. The van der Waals surface area contributed by atoms with Crippen LogP contribution < -0.4 is 10.2 Å². The summed E-state index contributed by atoms with van der Waals surface area (Å²) in [6.07, 6.45) is 0. The van der Waals surface area contributed by atoms with E-state index in [1.54, 1.807) is 0 Å². The summed E-state index contributed by atoms with van der Waals surface area (Å²) in [5, 5.41) is 12.1. The average Bonchev–Trinajstić information content (AvgIpc) is 2.28. The molecule has 1 unspecified atom stereocenters. The maximum absolute atomic E-state index is 9.01. The summed E-state index contributed by atoms with van der Waals surface area (Å²) in [5.41, 5.74) is 0. The summed E-state index contributed by atoms with van der Waals surface area (Å²) < 4.78 is 0. The zero-order valence-electron chi connectivity index (χ0n) is 11.1. The minimum atomic E-state index is -0.0765. The van der Waals surface area contributed by atoms with E-state index >= 15 is 0 Å². The Labute approximate surface area is 102 Å². The Hall–Kier alpha value is -1.43. The minimum absolute atomic E-state index is 0.0417. The Bertz CT molecular complexity index is 341. The predicted molar refractivity (Wildman–Crippen MR) is 68.4 cm³/mol. The van der Waals surface area contributed by atoms with E-state index in [1.807, 2.05) is 39.8 Å². The molecule has 0 bridgehead atoms. The topological polar surface area (TPSA) is 74.2 Å². The van der Waals surface area contributed by atoms with Gasteiger partial charge >= 0.3 is 0 Å². The molecule has 1 aromatic rings. The molecule has 1 heterocycles. The highest BCUT2D eigenvalue weighted by molar-refractivity contribution is 5.36. The lowest BCUT2D eigenvalue weighted by atomic mass is 10.2. The van der Waals surface area contributed by atoms with Gasteiger partial charge in [-0.25, -0.2) is 0 Å². The molecular formula is C11H21N5O. The van der Waals surface area contributed by atoms with Gasteiger partial charge in [0.15, 0.2) is 0 Å². The van der Waals surface area contributed by atoms with Crippen LogP contribution in [-0.4, -0.2) is 46.8 Å². The Balaban J connectivity index is 3.03. The van der Waals surface area contributed by atoms with Gasteiger partial charge in [-0.1, -0.05) is 13.8 Å². The van der Waals surface area contributed by atoms with Gasteiger partial charge in [-0.3, -0.25) is 0 Å². The van der Waals surface area contributed by atoms with Gasteiger partial charge in [0.25, 0.3) is 0 Å². The van der Waals surface area contributed by atoms with Crippen LogP contribution in [0.3, 0.4) is 0 Å². The van der Waals surface area contributed by atoms with Crippen LogP contribution in [0.1, 0.15) is 32.5 Å². The third-order valence-electron chi connectivity index (χ3n) is 2.21. The second-order valence-electron chi connectivity index (χ2n) is 4.59. The van der Waals surface area contributed by atoms with Crippen molar-refractivity contribution < 1.29 is 5.11 Å². The summed E-state index contributed by atoms with van der Waals surface area (Å²) in [6.45, 7) is 5.98. The summed E-state index contributed by atoms with van der Waals surface area (Å²) in [4.78, 5) is 14.8. The molecule has 0 radical (unpaired) electrons. The van der Waals surface area contributed by atoms with Gasteiger partial charge in [0.1, 0.15) is 5.82 Å². The van der Waals surface area contributed by atoms with Crippen LogP contribution in [0, 0.1) is 0 Å². The first kappa shape index (κ1) is 13.6. The van der Waals surface area contributed by atoms with Crippen LogP contribution in [0.5, 0.6) is 0 Å². The number of aliphatic hydroxyl groups is 1. The van der Waals surface area contributed by atoms with Crippen LogP contribution in [0.2, 0.25) is 0 Å². The fourth-order valence-corrected chi connectivity index (χ4v) is 1.17. The molecule has 1 rings (SSSR count).